The molecule has 0 saturated heterocycles. The predicted octanol–water partition coefficient (Wildman–Crippen LogP) is 4.44. The minimum absolute atomic E-state index is 0.0610. The van der Waals surface area contributed by atoms with Crippen molar-refractivity contribution in [3.8, 4) is 5.75 Å². The van der Waals surface area contributed by atoms with Crippen molar-refractivity contribution < 1.29 is 27.1 Å². The minimum atomic E-state index is -2.00. The van der Waals surface area contributed by atoms with E-state index < -0.39 is 48.4 Å². The molecular formula is C22H19F4N3O3. The summed E-state index contributed by atoms with van der Waals surface area (Å²) in [4.78, 5) is 27.0. The second kappa shape index (κ2) is 8.18. The Hall–Kier alpha value is -3.56. The molecule has 1 aromatic heterocycles. The molecule has 1 atom stereocenters. The molecule has 0 aliphatic carbocycles. The molecule has 4 rings (SSSR count). The first kappa shape index (κ1) is 21.7. The highest BCUT2D eigenvalue weighted by Gasteiger charge is 2.44. The first-order valence-electron chi connectivity index (χ1n) is 9.75. The lowest BCUT2D eigenvalue weighted by molar-refractivity contribution is -0.0139. The quantitative estimate of drug-likeness (QED) is 0.515. The van der Waals surface area contributed by atoms with Gasteiger partial charge in [-0.2, -0.15) is 0 Å². The van der Waals surface area contributed by atoms with Crippen molar-refractivity contribution in [1.29, 1.82) is 0 Å². The Morgan fingerprint density at radius 1 is 1.19 bits per heavy atom. The Balaban J connectivity index is 1.67. The van der Waals surface area contributed by atoms with E-state index >= 15 is 0 Å². The minimum Gasteiger partial charge on any atom is -0.478 e. The van der Waals surface area contributed by atoms with Crippen LogP contribution in [0.15, 0.2) is 41.2 Å². The van der Waals surface area contributed by atoms with Crippen molar-refractivity contribution in [3.63, 3.8) is 0 Å². The Bertz CT molecular complexity index is 1260. The molecule has 1 aliphatic rings. The number of ether oxygens (including phenoxy) is 1. The molecule has 0 saturated carbocycles. The largest absolute Gasteiger partial charge is 0.478 e. The van der Waals surface area contributed by atoms with Crippen molar-refractivity contribution in [2.75, 3.05) is 18.7 Å². The summed E-state index contributed by atoms with van der Waals surface area (Å²) >= 11 is 0. The molecule has 1 aliphatic heterocycles. The number of hydrogen-bond donors (Lipinski definition) is 3. The monoisotopic (exact) mass is 449 g/mol. The number of nitrogens with one attached hydrogen (secondary N) is 3. The normalized spacial score (nSPS) is 16.8. The average molecular weight is 449 g/mol. The van der Waals surface area contributed by atoms with Gasteiger partial charge in [0.15, 0.2) is 17.2 Å². The lowest BCUT2D eigenvalue weighted by Crippen LogP contribution is -2.49. The molecule has 168 valence electrons. The van der Waals surface area contributed by atoms with Gasteiger partial charge in [-0.15, -0.1) is 0 Å². The molecule has 0 bridgehead atoms. The number of benzene rings is 2. The van der Waals surface area contributed by atoms with Gasteiger partial charge in [0.2, 0.25) is 5.56 Å². The second-order valence-electron chi connectivity index (χ2n) is 7.75. The molecule has 6 nitrogen and oxygen atoms in total. The number of rotatable bonds is 4. The van der Waals surface area contributed by atoms with E-state index in [0.717, 1.165) is 6.07 Å². The first-order chi connectivity index (χ1) is 15.2. The summed E-state index contributed by atoms with van der Waals surface area (Å²) < 4.78 is 60.6. The number of halogens is 4. The highest BCUT2D eigenvalue weighted by molar-refractivity contribution is 6.01. The number of carbonyl (C=O) groups is 1. The molecular weight excluding hydrogens is 430 g/mol. The summed E-state index contributed by atoms with van der Waals surface area (Å²) in [6.45, 7) is -0.795. The van der Waals surface area contributed by atoms with E-state index in [0.29, 0.717) is 28.2 Å². The summed E-state index contributed by atoms with van der Waals surface area (Å²) in [6.07, 6.45) is -0.370. The van der Waals surface area contributed by atoms with E-state index in [1.807, 2.05) is 0 Å². The van der Waals surface area contributed by atoms with Gasteiger partial charge in [-0.1, -0.05) is 6.07 Å². The molecule has 0 radical (unpaired) electrons. The molecule has 2 heterocycles. The van der Waals surface area contributed by atoms with Crippen LogP contribution in [0.3, 0.4) is 0 Å². The highest BCUT2D eigenvalue weighted by atomic mass is 19.1. The molecule has 3 N–H and O–H groups in total. The van der Waals surface area contributed by atoms with Crippen LogP contribution < -0.4 is 20.9 Å². The van der Waals surface area contributed by atoms with Gasteiger partial charge in [0.1, 0.15) is 19.2 Å². The molecule has 2 amide bonds. The van der Waals surface area contributed by atoms with Crippen molar-refractivity contribution in [2.45, 2.75) is 25.0 Å². The van der Waals surface area contributed by atoms with Crippen LogP contribution in [-0.2, 0) is 0 Å². The van der Waals surface area contributed by atoms with E-state index in [9.17, 15) is 27.2 Å². The summed E-state index contributed by atoms with van der Waals surface area (Å²) in [5.41, 5.74) is -0.795. The predicted molar refractivity (Wildman–Crippen MR) is 110 cm³/mol. The number of urea groups is 1. The Morgan fingerprint density at radius 2 is 1.94 bits per heavy atom. The van der Waals surface area contributed by atoms with Gasteiger partial charge in [0.05, 0.1) is 17.2 Å². The molecule has 0 spiro atoms. The third-order valence-electron chi connectivity index (χ3n) is 5.45. The van der Waals surface area contributed by atoms with Crippen LogP contribution in [0, 0.1) is 18.6 Å². The van der Waals surface area contributed by atoms with Gasteiger partial charge in [-0.05, 0) is 30.7 Å². The maximum Gasteiger partial charge on any atom is 0.319 e. The van der Waals surface area contributed by atoms with Gasteiger partial charge >= 0.3 is 6.03 Å². The van der Waals surface area contributed by atoms with Gasteiger partial charge < -0.3 is 20.4 Å². The number of hydrogen-bond acceptors (Lipinski definition) is 3. The fourth-order valence-electron chi connectivity index (χ4n) is 3.83. The number of aromatic nitrogens is 1. The Morgan fingerprint density at radius 3 is 2.66 bits per heavy atom. The van der Waals surface area contributed by atoms with Crippen LogP contribution >= 0.6 is 0 Å². The number of alkyl halides is 2. The van der Waals surface area contributed by atoms with Crippen LogP contribution in [0.2, 0.25) is 0 Å². The maximum absolute atomic E-state index is 14.3. The third-order valence-corrected chi connectivity index (χ3v) is 5.45. The third kappa shape index (κ3) is 3.88. The summed E-state index contributed by atoms with van der Waals surface area (Å²) in [6, 6.07) is 5.85. The zero-order valence-corrected chi connectivity index (χ0v) is 16.9. The zero-order chi connectivity index (χ0) is 23.0. The number of carbonyl (C=O) groups excluding carboxylic acids is 1. The topological polar surface area (TPSA) is 83.2 Å². The fourth-order valence-corrected chi connectivity index (χ4v) is 3.83. The number of pyridine rings is 1. The Kier molecular flexibility index (Phi) is 5.53. The van der Waals surface area contributed by atoms with Crippen molar-refractivity contribution >= 4 is 22.6 Å². The second-order valence-corrected chi connectivity index (χ2v) is 7.75. The van der Waals surface area contributed by atoms with E-state index in [4.69, 9.17) is 4.74 Å². The van der Waals surface area contributed by atoms with E-state index in [1.165, 1.54) is 6.07 Å². The van der Waals surface area contributed by atoms with Gasteiger partial charge in [-0.25, -0.2) is 22.4 Å². The number of amides is 2. The smallest absolute Gasteiger partial charge is 0.319 e. The van der Waals surface area contributed by atoms with E-state index in [-0.39, 0.29) is 17.5 Å². The summed E-state index contributed by atoms with van der Waals surface area (Å²) in [5, 5.41) is 5.75. The van der Waals surface area contributed by atoms with Crippen molar-refractivity contribution in [3.05, 3.63) is 69.5 Å². The number of H-pyrrole nitrogens is 1. The lowest BCUT2D eigenvalue weighted by Gasteiger charge is -2.39. The average Bonchev–Trinajstić information content (AvgIpc) is 2.76. The van der Waals surface area contributed by atoms with E-state index in [1.54, 1.807) is 25.1 Å². The van der Waals surface area contributed by atoms with Gasteiger partial charge in [-0.3, -0.25) is 4.79 Å². The number of aromatic amines is 1. The van der Waals surface area contributed by atoms with Crippen molar-refractivity contribution in [2.24, 2.45) is 0 Å². The lowest BCUT2D eigenvalue weighted by atomic mass is 9.88. The molecule has 10 heteroatoms. The van der Waals surface area contributed by atoms with E-state index in [2.05, 4.69) is 15.6 Å². The van der Waals surface area contributed by atoms with Crippen LogP contribution in [0.1, 0.15) is 23.6 Å². The summed E-state index contributed by atoms with van der Waals surface area (Å²) in [7, 11) is 0. The number of aryl methyl sites for hydroxylation is 1. The number of anilines is 1. The summed E-state index contributed by atoms with van der Waals surface area (Å²) in [5.74, 6) is -2.54. The van der Waals surface area contributed by atoms with Crippen LogP contribution in [0.5, 0.6) is 5.75 Å². The zero-order valence-electron chi connectivity index (χ0n) is 16.9. The number of fused-ring (bicyclic) bond motifs is 2. The molecule has 0 fully saturated rings. The molecule has 0 unspecified atom stereocenters. The van der Waals surface area contributed by atoms with Crippen LogP contribution in [0.25, 0.3) is 10.9 Å². The molecule has 3 aromatic rings. The van der Waals surface area contributed by atoms with Crippen LogP contribution in [0.4, 0.5) is 28.0 Å². The molecule has 2 aromatic carbocycles. The van der Waals surface area contributed by atoms with Crippen molar-refractivity contribution in [1.82, 2.24) is 10.3 Å². The van der Waals surface area contributed by atoms with Crippen LogP contribution in [-0.4, -0.2) is 30.0 Å². The molecule has 32 heavy (non-hydrogen) atoms. The maximum atomic E-state index is 14.3. The first-order valence-corrected chi connectivity index (χ1v) is 9.75. The van der Waals surface area contributed by atoms with Gasteiger partial charge in [0, 0.05) is 29.5 Å². The standard InChI is InChI=1S/C22H19F4N3O3/c1-11-2-4-16-13(3-5-18(30)27-16)19(11)29-21(31)28-17-8-22(9-23,10-24)32-20-14(17)6-12(25)7-15(20)26/h2-7,17H,8-10H2,1H3,(H,27,30)(H2,28,29,31)/t17-/m1/s1. The highest BCUT2D eigenvalue weighted by Crippen LogP contribution is 2.42. The van der Waals surface area contributed by atoms with Gasteiger partial charge in [0.25, 0.3) is 0 Å². The Labute approximate surface area is 179 Å². The SMILES string of the molecule is Cc1ccc2[nH]c(=O)ccc2c1NC(=O)N[C@@H]1CC(CF)(CF)Oc2c(F)cc(F)cc21. The fraction of sp³-hybridized carbons (Fsp3) is 0.273.